The lowest BCUT2D eigenvalue weighted by molar-refractivity contribution is -0.137. The van der Waals surface area contributed by atoms with E-state index in [-0.39, 0.29) is 24.2 Å². The van der Waals surface area contributed by atoms with E-state index in [0.717, 1.165) is 42.7 Å². The van der Waals surface area contributed by atoms with Crippen LogP contribution in [0.3, 0.4) is 0 Å². The average Bonchev–Trinajstić information content (AvgIpc) is 3.41. The SMILES string of the molecule is O=C(O)CCCCCCNC(=O)C1CC1c1ccc2c(c1)OCCO2. The molecule has 2 unspecified atom stereocenters. The smallest absolute Gasteiger partial charge is 0.303 e. The van der Waals surface area contributed by atoms with Gasteiger partial charge in [0.25, 0.3) is 0 Å². The molecular formula is C19H25NO5. The quantitative estimate of drug-likeness (QED) is 0.671. The van der Waals surface area contributed by atoms with E-state index in [1.54, 1.807) is 0 Å². The summed E-state index contributed by atoms with van der Waals surface area (Å²) in [6, 6.07) is 5.94. The zero-order valence-corrected chi connectivity index (χ0v) is 14.3. The number of benzene rings is 1. The fourth-order valence-corrected chi connectivity index (χ4v) is 3.24. The first-order valence-electron chi connectivity index (χ1n) is 9.04. The van der Waals surface area contributed by atoms with Gasteiger partial charge in [-0.15, -0.1) is 0 Å². The molecule has 2 aliphatic rings. The van der Waals surface area contributed by atoms with E-state index in [0.29, 0.717) is 26.2 Å². The minimum absolute atomic E-state index is 0.0505. The normalized spacial score (nSPS) is 20.8. The van der Waals surface area contributed by atoms with E-state index in [9.17, 15) is 9.59 Å². The summed E-state index contributed by atoms with van der Waals surface area (Å²) >= 11 is 0. The molecule has 2 atom stereocenters. The van der Waals surface area contributed by atoms with Crippen molar-refractivity contribution in [1.82, 2.24) is 5.32 Å². The summed E-state index contributed by atoms with van der Waals surface area (Å²) in [6.45, 7) is 1.81. The molecule has 1 aliphatic heterocycles. The van der Waals surface area contributed by atoms with Crippen LogP contribution in [-0.4, -0.2) is 36.7 Å². The van der Waals surface area contributed by atoms with Gasteiger partial charge in [0.05, 0.1) is 0 Å². The molecule has 6 heteroatoms. The summed E-state index contributed by atoms with van der Waals surface area (Å²) < 4.78 is 11.1. The maximum Gasteiger partial charge on any atom is 0.303 e. The molecule has 1 aromatic rings. The summed E-state index contributed by atoms with van der Waals surface area (Å²) in [5.41, 5.74) is 1.14. The molecule has 0 radical (unpaired) electrons. The molecule has 1 aromatic carbocycles. The van der Waals surface area contributed by atoms with E-state index >= 15 is 0 Å². The van der Waals surface area contributed by atoms with Crippen molar-refractivity contribution in [3.8, 4) is 11.5 Å². The number of nitrogens with one attached hydrogen (secondary N) is 1. The Morgan fingerprint density at radius 2 is 1.84 bits per heavy atom. The maximum absolute atomic E-state index is 12.2. The van der Waals surface area contributed by atoms with Crippen LogP contribution in [0, 0.1) is 5.92 Å². The fraction of sp³-hybridized carbons (Fsp3) is 0.579. The molecule has 0 aromatic heterocycles. The van der Waals surface area contributed by atoms with Gasteiger partial charge in [0.15, 0.2) is 11.5 Å². The third-order valence-electron chi connectivity index (χ3n) is 4.74. The Kier molecular flexibility index (Phi) is 5.79. The van der Waals surface area contributed by atoms with E-state index in [4.69, 9.17) is 14.6 Å². The first kappa shape index (κ1) is 17.6. The third kappa shape index (κ3) is 4.87. The molecule has 0 bridgehead atoms. The van der Waals surface area contributed by atoms with Gasteiger partial charge < -0.3 is 19.9 Å². The predicted molar refractivity (Wildman–Crippen MR) is 92.0 cm³/mol. The summed E-state index contributed by atoms with van der Waals surface area (Å²) in [5, 5.41) is 11.6. The summed E-state index contributed by atoms with van der Waals surface area (Å²) in [7, 11) is 0. The maximum atomic E-state index is 12.2. The Hall–Kier alpha value is -2.24. The number of fused-ring (bicyclic) bond motifs is 1. The van der Waals surface area contributed by atoms with Gasteiger partial charge in [-0.1, -0.05) is 18.9 Å². The van der Waals surface area contributed by atoms with E-state index in [2.05, 4.69) is 5.32 Å². The van der Waals surface area contributed by atoms with Gasteiger partial charge in [0.2, 0.25) is 5.91 Å². The molecular weight excluding hydrogens is 322 g/mol. The fourth-order valence-electron chi connectivity index (χ4n) is 3.24. The van der Waals surface area contributed by atoms with E-state index < -0.39 is 5.97 Å². The Bertz CT molecular complexity index is 630. The van der Waals surface area contributed by atoms with Crippen LogP contribution in [0.5, 0.6) is 11.5 Å². The second-order valence-corrected chi connectivity index (χ2v) is 6.70. The van der Waals surface area contributed by atoms with Crippen LogP contribution < -0.4 is 14.8 Å². The van der Waals surface area contributed by atoms with Crippen LogP contribution in [0.4, 0.5) is 0 Å². The minimum atomic E-state index is -0.743. The molecule has 1 amide bonds. The number of aliphatic carboxylic acids is 1. The Morgan fingerprint density at radius 1 is 1.08 bits per heavy atom. The molecule has 2 N–H and O–H groups in total. The Labute approximate surface area is 147 Å². The molecule has 1 saturated carbocycles. The molecule has 1 heterocycles. The standard InChI is InChI=1S/C19H25NO5/c21-18(22)5-3-1-2-4-8-20-19(23)15-12-14(15)13-6-7-16-17(11-13)25-10-9-24-16/h6-7,11,14-15H,1-5,8-10,12H2,(H,20,23)(H,21,22). The number of rotatable bonds is 9. The third-order valence-corrected chi connectivity index (χ3v) is 4.74. The summed E-state index contributed by atoms with van der Waals surface area (Å²) in [6.07, 6.45) is 4.55. The van der Waals surface area contributed by atoms with Gasteiger partial charge in [0, 0.05) is 18.9 Å². The average molecular weight is 347 g/mol. The molecule has 136 valence electrons. The molecule has 0 spiro atoms. The number of hydrogen-bond donors (Lipinski definition) is 2. The number of hydrogen-bond acceptors (Lipinski definition) is 4. The highest BCUT2D eigenvalue weighted by Gasteiger charge is 2.44. The second-order valence-electron chi connectivity index (χ2n) is 6.70. The minimum Gasteiger partial charge on any atom is -0.486 e. The van der Waals surface area contributed by atoms with Gasteiger partial charge in [-0.3, -0.25) is 9.59 Å². The highest BCUT2D eigenvalue weighted by molar-refractivity contribution is 5.82. The zero-order chi connectivity index (χ0) is 17.6. The van der Waals surface area contributed by atoms with Crippen LogP contribution in [0.2, 0.25) is 0 Å². The lowest BCUT2D eigenvalue weighted by Crippen LogP contribution is -2.26. The topological polar surface area (TPSA) is 84.9 Å². The second kappa shape index (κ2) is 8.23. The molecule has 1 fully saturated rings. The van der Waals surface area contributed by atoms with Gasteiger partial charge in [-0.25, -0.2) is 0 Å². The van der Waals surface area contributed by atoms with Crippen molar-refractivity contribution in [1.29, 1.82) is 0 Å². The Balaban J connectivity index is 1.35. The number of ether oxygens (including phenoxy) is 2. The van der Waals surface area contributed by atoms with Crippen LogP contribution in [0.25, 0.3) is 0 Å². The first-order valence-corrected chi connectivity index (χ1v) is 9.04. The van der Waals surface area contributed by atoms with Crippen LogP contribution in [0.15, 0.2) is 18.2 Å². The summed E-state index contributed by atoms with van der Waals surface area (Å²) in [4.78, 5) is 22.6. The molecule has 3 rings (SSSR count). The molecule has 6 nitrogen and oxygen atoms in total. The number of carbonyl (C=O) groups excluding carboxylic acids is 1. The number of carboxylic acid groups (broad SMARTS) is 1. The molecule has 0 saturated heterocycles. The number of amides is 1. The number of carbonyl (C=O) groups is 2. The zero-order valence-electron chi connectivity index (χ0n) is 14.3. The van der Waals surface area contributed by atoms with Crippen molar-refractivity contribution in [3.63, 3.8) is 0 Å². The van der Waals surface area contributed by atoms with Gasteiger partial charge in [-0.2, -0.15) is 0 Å². The van der Waals surface area contributed by atoms with E-state index in [1.807, 2.05) is 18.2 Å². The predicted octanol–water partition coefficient (Wildman–Crippen LogP) is 2.71. The Morgan fingerprint density at radius 3 is 2.64 bits per heavy atom. The van der Waals surface area contributed by atoms with Crippen molar-refractivity contribution in [2.45, 2.75) is 44.4 Å². The molecule has 25 heavy (non-hydrogen) atoms. The van der Waals surface area contributed by atoms with Crippen LogP contribution in [-0.2, 0) is 9.59 Å². The van der Waals surface area contributed by atoms with Crippen molar-refractivity contribution in [2.24, 2.45) is 5.92 Å². The van der Waals surface area contributed by atoms with Crippen molar-refractivity contribution in [2.75, 3.05) is 19.8 Å². The molecule has 1 aliphatic carbocycles. The van der Waals surface area contributed by atoms with Crippen molar-refractivity contribution in [3.05, 3.63) is 23.8 Å². The largest absolute Gasteiger partial charge is 0.486 e. The van der Waals surface area contributed by atoms with Crippen molar-refractivity contribution >= 4 is 11.9 Å². The van der Waals surface area contributed by atoms with Gasteiger partial charge in [0.1, 0.15) is 13.2 Å². The lowest BCUT2D eigenvalue weighted by Gasteiger charge is -2.18. The summed E-state index contributed by atoms with van der Waals surface area (Å²) in [5.74, 6) is 1.24. The van der Waals surface area contributed by atoms with Gasteiger partial charge >= 0.3 is 5.97 Å². The lowest BCUT2D eigenvalue weighted by atomic mass is 10.1. The van der Waals surface area contributed by atoms with E-state index in [1.165, 1.54) is 0 Å². The number of unbranched alkanes of at least 4 members (excludes halogenated alkanes) is 3. The van der Waals surface area contributed by atoms with Crippen LogP contribution >= 0.6 is 0 Å². The van der Waals surface area contributed by atoms with Crippen molar-refractivity contribution < 1.29 is 24.2 Å². The van der Waals surface area contributed by atoms with Crippen LogP contribution in [0.1, 0.15) is 50.0 Å². The first-order chi connectivity index (χ1) is 12.1. The van der Waals surface area contributed by atoms with Gasteiger partial charge in [-0.05, 0) is 42.9 Å². The highest BCUT2D eigenvalue weighted by atomic mass is 16.6. The monoisotopic (exact) mass is 347 g/mol. The number of carboxylic acids is 1. The highest BCUT2D eigenvalue weighted by Crippen LogP contribution is 2.49.